The summed E-state index contributed by atoms with van der Waals surface area (Å²) in [6.45, 7) is 2.54. The molecule has 0 atom stereocenters. The maximum Gasteiger partial charge on any atom is 0.249 e. The van der Waals surface area contributed by atoms with Crippen molar-refractivity contribution in [1.82, 2.24) is 4.98 Å². The Morgan fingerprint density at radius 2 is 2.11 bits per heavy atom. The lowest BCUT2D eigenvalue weighted by Gasteiger charge is -2.07. The van der Waals surface area contributed by atoms with E-state index in [1.165, 1.54) is 6.07 Å². The number of aromatic nitrogens is 1. The number of nitrogen functional groups attached to an aromatic ring is 1. The third-order valence-electron chi connectivity index (χ3n) is 2.57. The first-order valence-electron chi connectivity index (χ1n) is 5.82. The van der Waals surface area contributed by atoms with Crippen LogP contribution in [-0.2, 0) is 6.42 Å². The second-order valence-electron chi connectivity index (χ2n) is 4.22. The number of ether oxygens (including phenoxy) is 1. The van der Waals surface area contributed by atoms with Crippen LogP contribution in [0, 0.1) is 6.92 Å². The molecule has 1 aromatic heterocycles. The monoisotopic (exact) mass is 244 g/mol. The van der Waals surface area contributed by atoms with Crippen molar-refractivity contribution < 1.29 is 4.74 Å². The lowest BCUT2D eigenvalue weighted by Crippen LogP contribution is -2.10. The van der Waals surface area contributed by atoms with Crippen LogP contribution in [0.15, 0.2) is 41.2 Å². The third kappa shape index (κ3) is 3.38. The van der Waals surface area contributed by atoms with Crippen LogP contribution in [0.3, 0.4) is 0 Å². The second-order valence-corrected chi connectivity index (χ2v) is 4.22. The molecule has 0 bridgehead atoms. The molecule has 1 heterocycles. The van der Waals surface area contributed by atoms with E-state index >= 15 is 0 Å². The van der Waals surface area contributed by atoms with Gasteiger partial charge >= 0.3 is 0 Å². The Morgan fingerprint density at radius 3 is 2.83 bits per heavy atom. The molecule has 4 heteroatoms. The second kappa shape index (κ2) is 5.40. The minimum atomic E-state index is -0.180. The number of anilines is 1. The van der Waals surface area contributed by atoms with Crippen molar-refractivity contribution in [2.24, 2.45) is 0 Å². The first-order chi connectivity index (χ1) is 8.63. The predicted octanol–water partition coefficient (Wildman–Crippen LogP) is 1.89. The first kappa shape index (κ1) is 12.2. The van der Waals surface area contributed by atoms with E-state index in [0.29, 0.717) is 18.8 Å². The van der Waals surface area contributed by atoms with Gasteiger partial charge in [0.15, 0.2) is 0 Å². The zero-order chi connectivity index (χ0) is 13.0. The van der Waals surface area contributed by atoms with Gasteiger partial charge in [0.2, 0.25) is 5.56 Å². The van der Waals surface area contributed by atoms with Gasteiger partial charge in [-0.05, 0) is 36.2 Å². The van der Waals surface area contributed by atoms with Gasteiger partial charge in [0.25, 0.3) is 0 Å². The normalized spacial score (nSPS) is 10.3. The van der Waals surface area contributed by atoms with Crippen molar-refractivity contribution in [2.45, 2.75) is 13.3 Å². The highest BCUT2D eigenvalue weighted by molar-refractivity contribution is 5.32. The molecule has 0 fully saturated rings. The van der Waals surface area contributed by atoms with E-state index in [-0.39, 0.29) is 5.56 Å². The number of benzene rings is 1. The molecule has 0 radical (unpaired) electrons. The van der Waals surface area contributed by atoms with Crippen molar-refractivity contribution in [1.29, 1.82) is 0 Å². The number of aromatic amines is 1. The standard InChI is InChI=1S/C14H16N2O2/c1-10-3-2-4-12(7-10)18-6-5-11-8-13(15)16-14(17)9-11/h2-4,7-9H,5-6H2,1H3,(H3,15,16,17). The number of rotatable bonds is 4. The quantitative estimate of drug-likeness (QED) is 0.863. The molecule has 2 rings (SSSR count). The summed E-state index contributed by atoms with van der Waals surface area (Å²) in [6, 6.07) is 11.2. The predicted molar refractivity (Wildman–Crippen MR) is 71.9 cm³/mol. The van der Waals surface area contributed by atoms with Crippen LogP contribution in [0.25, 0.3) is 0 Å². The summed E-state index contributed by atoms with van der Waals surface area (Å²) in [5, 5.41) is 0. The van der Waals surface area contributed by atoms with Crippen LogP contribution < -0.4 is 16.0 Å². The molecule has 18 heavy (non-hydrogen) atoms. The van der Waals surface area contributed by atoms with Crippen LogP contribution in [0.4, 0.5) is 5.82 Å². The van der Waals surface area contributed by atoms with E-state index in [1.807, 2.05) is 31.2 Å². The van der Waals surface area contributed by atoms with Crippen molar-refractivity contribution in [2.75, 3.05) is 12.3 Å². The maximum atomic E-state index is 11.2. The molecular weight excluding hydrogens is 228 g/mol. The summed E-state index contributed by atoms with van der Waals surface area (Å²) in [5.74, 6) is 1.22. The maximum absolute atomic E-state index is 11.2. The molecule has 2 aromatic rings. The Bertz CT molecular complexity index is 590. The molecule has 0 aliphatic heterocycles. The van der Waals surface area contributed by atoms with Gasteiger partial charge in [-0.3, -0.25) is 4.79 Å². The molecule has 3 N–H and O–H groups in total. The van der Waals surface area contributed by atoms with Gasteiger partial charge in [0, 0.05) is 12.5 Å². The summed E-state index contributed by atoms with van der Waals surface area (Å²) in [4.78, 5) is 13.7. The van der Waals surface area contributed by atoms with Gasteiger partial charge in [-0.25, -0.2) is 0 Å². The number of hydrogen-bond donors (Lipinski definition) is 2. The van der Waals surface area contributed by atoms with Crippen molar-refractivity contribution in [3.8, 4) is 5.75 Å². The fourth-order valence-electron chi connectivity index (χ4n) is 1.76. The SMILES string of the molecule is Cc1cccc(OCCc2cc(N)[nH]c(=O)c2)c1. The number of nitrogens with one attached hydrogen (secondary N) is 1. The number of nitrogens with two attached hydrogens (primary N) is 1. The summed E-state index contributed by atoms with van der Waals surface area (Å²) >= 11 is 0. The minimum Gasteiger partial charge on any atom is -0.493 e. The number of H-pyrrole nitrogens is 1. The Labute approximate surface area is 105 Å². The van der Waals surface area contributed by atoms with Crippen LogP contribution >= 0.6 is 0 Å². The Hall–Kier alpha value is -2.23. The molecule has 0 saturated heterocycles. The molecule has 0 aliphatic rings. The van der Waals surface area contributed by atoms with Crippen LogP contribution in [0.2, 0.25) is 0 Å². The van der Waals surface area contributed by atoms with Gasteiger partial charge < -0.3 is 15.5 Å². The van der Waals surface area contributed by atoms with Gasteiger partial charge in [0.1, 0.15) is 11.6 Å². The van der Waals surface area contributed by atoms with Gasteiger partial charge in [0.05, 0.1) is 6.61 Å². The zero-order valence-electron chi connectivity index (χ0n) is 10.3. The average molecular weight is 244 g/mol. The lowest BCUT2D eigenvalue weighted by molar-refractivity contribution is 0.321. The van der Waals surface area contributed by atoms with Crippen molar-refractivity contribution >= 4 is 5.82 Å². The summed E-state index contributed by atoms with van der Waals surface area (Å²) in [7, 11) is 0. The fraction of sp³-hybridized carbons (Fsp3) is 0.214. The molecular formula is C14H16N2O2. The summed E-state index contributed by atoms with van der Waals surface area (Å²) < 4.78 is 5.62. The van der Waals surface area contributed by atoms with E-state index in [9.17, 15) is 4.79 Å². The summed E-state index contributed by atoms with van der Waals surface area (Å²) in [5.41, 5.74) is 7.42. The molecule has 0 aliphatic carbocycles. The molecule has 1 aromatic carbocycles. The molecule has 0 unspecified atom stereocenters. The smallest absolute Gasteiger partial charge is 0.249 e. The van der Waals surface area contributed by atoms with Crippen LogP contribution in [0.5, 0.6) is 5.75 Å². The Balaban J connectivity index is 1.94. The molecule has 94 valence electrons. The molecule has 4 nitrogen and oxygen atoms in total. The highest BCUT2D eigenvalue weighted by atomic mass is 16.5. The van der Waals surface area contributed by atoms with Crippen molar-refractivity contribution in [3.05, 3.63) is 57.9 Å². The minimum absolute atomic E-state index is 0.180. The number of hydrogen-bond acceptors (Lipinski definition) is 3. The van der Waals surface area contributed by atoms with E-state index in [2.05, 4.69) is 4.98 Å². The van der Waals surface area contributed by atoms with Gasteiger partial charge in [-0.2, -0.15) is 0 Å². The van der Waals surface area contributed by atoms with Crippen LogP contribution in [0.1, 0.15) is 11.1 Å². The van der Waals surface area contributed by atoms with Gasteiger partial charge in [-0.1, -0.05) is 12.1 Å². The number of aryl methyl sites for hydroxylation is 1. The van der Waals surface area contributed by atoms with Crippen molar-refractivity contribution in [3.63, 3.8) is 0 Å². The summed E-state index contributed by atoms with van der Waals surface area (Å²) in [6.07, 6.45) is 0.655. The van der Waals surface area contributed by atoms with E-state index in [0.717, 1.165) is 16.9 Å². The third-order valence-corrected chi connectivity index (χ3v) is 2.57. The van der Waals surface area contributed by atoms with E-state index < -0.39 is 0 Å². The highest BCUT2D eigenvalue weighted by Crippen LogP contribution is 2.12. The Kier molecular flexibility index (Phi) is 3.67. The van der Waals surface area contributed by atoms with E-state index in [4.69, 9.17) is 10.5 Å². The van der Waals surface area contributed by atoms with E-state index in [1.54, 1.807) is 6.07 Å². The lowest BCUT2D eigenvalue weighted by atomic mass is 10.2. The molecule has 0 amide bonds. The Morgan fingerprint density at radius 1 is 1.28 bits per heavy atom. The zero-order valence-corrected chi connectivity index (χ0v) is 10.3. The first-order valence-corrected chi connectivity index (χ1v) is 5.82. The molecule has 0 spiro atoms. The van der Waals surface area contributed by atoms with Crippen LogP contribution in [-0.4, -0.2) is 11.6 Å². The fourth-order valence-corrected chi connectivity index (χ4v) is 1.76. The number of pyridine rings is 1. The average Bonchev–Trinajstić information content (AvgIpc) is 2.27. The van der Waals surface area contributed by atoms with Gasteiger partial charge in [-0.15, -0.1) is 0 Å². The molecule has 0 saturated carbocycles. The highest BCUT2D eigenvalue weighted by Gasteiger charge is 1.98. The largest absolute Gasteiger partial charge is 0.493 e. The topological polar surface area (TPSA) is 68.1 Å².